The molecule has 4 nitrogen and oxygen atoms in total. The van der Waals surface area contributed by atoms with E-state index in [9.17, 15) is 0 Å². The number of rotatable bonds is 8. The highest BCUT2D eigenvalue weighted by Gasteiger charge is 2.10. The molecule has 1 heterocycles. The average Bonchev–Trinajstić information content (AvgIpc) is 2.32. The first-order valence-electron chi connectivity index (χ1n) is 6.84. The minimum atomic E-state index is 0.531. The highest BCUT2D eigenvalue weighted by molar-refractivity contribution is 5.35. The Labute approximate surface area is 116 Å². The van der Waals surface area contributed by atoms with Crippen LogP contribution in [-0.4, -0.2) is 31.9 Å². The fourth-order valence-corrected chi connectivity index (χ4v) is 1.87. The lowest BCUT2D eigenvalue weighted by Crippen LogP contribution is -2.21. The predicted octanol–water partition coefficient (Wildman–Crippen LogP) is 2.47. The van der Waals surface area contributed by atoms with Crippen LogP contribution in [0.5, 0.6) is 5.88 Å². The molecule has 0 bridgehead atoms. The van der Waals surface area contributed by atoms with Gasteiger partial charge in [-0.2, -0.15) is 0 Å². The average molecular weight is 266 g/mol. The number of hydrogen-bond acceptors (Lipinski definition) is 4. The van der Waals surface area contributed by atoms with E-state index >= 15 is 0 Å². The predicted molar refractivity (Wildman–Crippen MR) is 77.6 cm³/mol. The molecular formula is C15H26N2O2. The van der Waals surface area contributed by atoms with Crippen molar-refractivity contribution in [2.45, 2.75) is 34.2 Å². The third kappa shape index (κ3) is 5.57. The molecule has 19 heavy (non-hydrogen) atoms. The van der Waals surface area contributed by atoms with Gasteiger partial charge in [-0.25, -0.2) is 4.98 Å². The molecule has 0 aliphatic carbocycles. The minimum absolute atomic E-state index is 0.531. The van der Waals surface area contributed by atoms with Gasteiger partial charge in [-0.1, -0.05) is 13.8 Å². The highest BCUT2D eigenvalue weighted by atomic mass is 16.5. The molecule has 0 atom stereocenters. The lowest BCUT2D eigenvalue weighted by atomic mass is 10.1. The highest BCUT2D eigenvalue weighted by Crippen LogP contribution is 2.20. The SMILES string of the molecule is COCCOc1nc(C)cc(C)c1CNCC(C)C. The molecular weight excluding hydrogens is 240 g/mol. The number of pyridine rings is 1. The molecule has 1 rings (SSSR count). The maximum Gasteiger partial charge on any atom is 0.218 e. The Balaban J connectivity index is 2.74. The summed E-state index contributed by atoms with van der Waals surface area (Å²) in [5.74, 6) is 1.36. The summed E-state index contributed by atoms with van der Waals surface area (Å²) in [6.45, 7) is 11.4. The second-order valence-corrected chi connectivity index (χ2v) is 5.23. The first-order chi connectivity index (χ1) is 9.04. The molecule has 0 saturated heterocycles. The number of methoxy groups -OCH3 is 1. The maximum atomic E-state index is 5.72. The zero-order valence-electron chi connectivity index (χ0n) is 12.7. The largest absolute Gasteiger partial charge is 0.475 e. The number of hydrogen-bond donors (Lipinski definition) is 1. The van der Waals surface area contributed by atoms with Crippen LogP contribution in [0, 0.1) is 19.8 Å². The number of aromatic nitrogens is 1. The van der Waals surface area contributed by atoms with Gasteiger partial charge in [-0.05, 0) is 37.9 Å². The molecule has 108 valence electrons. The van der Waals surface area contributed by atoms with Gasteiger partial charge in [0.25, 0.3) is 0 Å². The first kappa shape index (κ1) is 15.9. The second-order valence-electron chi connectivity index (χ2n) is 5.23. The molecule has 0 radical (unpaired) electrons. The molecule has 4 heteroatoms. The molecule has 0 spiro atoms. The molecule has 1 aromatic rings. The Morgan fingerprint density at radius 2 is 2.00 bits per heavy atom. The quantitative estimate of drug-likeness (QED) is 0.734. The van der Waals surface area contributed by atoms with Gasteiger partial charge < -0.3 is 14.8 Å². The van der Waals surface area contributed by atoms with Gasteiger partial charge in [0.15, 0.2) is 0 Å². The van der Waals surface area contributed by atoms with E-state index < -0.39 is 0 Å². The number of aryl methyl sites for hydroxylation is 2. The molecule has 1 N–H and O–H groups in total. The Bertz CT molecular complexity index is 392. The van der Waals surface area contributed by atoms with E-state index in [2.05, 4.69) is 37.1 Å². The van der Waals surface area contributed by atoms with Gasteiger partial charge >= 0.3 is 0 Å². The summed E-state index contributed by atoms with van der Waals surface area (Å²) in [4.78, 5) is 4.49. The molecule has 0 saturated carbocycles. The van der Waals surface area contributed by atoms with Crippen molar-refractivity contribution in [3.63, 3.8) is 0 Å². The van der Waals surface area contributed by atoms with Crippen LogP contribution in [0.3, 0.4) is 0 Å². The summed E-state index contributed by atoms with van der Waals surface area (Å²) in [7, 11) is 1.67. The zero-order chi connectivity index (χ0) is 14.3. The lowest BCUT2D eigenvalue weighted by molar-refractivity contribution is 0.143. The van der Waals surface area contributed by atoms with Crippen LogP contribution >= 0.6 is 0 Å². The summed E-state index contributed by atoms with van der Waals surface area (Å²) < 4.78 is 10.7. The van der Waals surface area contributed by atoms with E-state index in [1.54, 1.807) is 7.11 Å². The zero-order valence-corrected chi connectivity index (χ0v) is 12.7. The van der Waals surface area contributed by atoms with E-state index in [4.69, 9.17) is 9.47 Å². The standard InChI is InChI=1S/C15H26N2O2/c1-11(2)9-16-10-14-12(3)8-13(4)17-15(14)19-7-6-18-5/h8,11,16H,6-7,9-10H2,1-5H3. The van der Waals surface area contributed by atoms with E-state index in [-0.39, 0.29) is 0 Å². The van der Waals surface area contributed by atoms with Crippen LogP contribution < -0.4 is 10.1 Å². The Morgan fingerprint density at radius 1 is 1.26 bits per heavy atom. The van der Waals surface area contributed by atoms with Gasteiger partial charge in [0.2, 0.25) is 5.88 Å². The third-order valence-electron chi connectivity index (χ3n) is 2.82. The van der Waals surface area contributed by atoms with Gasteiger partial charge in [0.05, 0.1) is 6.61 Å². The van der Waals surface area contributed by atoms with E-state index in [0.717, 1.165) is 30.2 Å². The summed E-state index contributed by atoms with van der Waals surface area (Å²) in [5, 5.41) is 3.44. The minimum Gasteiger partial charge on any atom is -0.475 e. The van der Waals surface area contributed by atoms with Gasteiger partial charge in [0.1, 0.15) is 6.61 Å². The van der Waals surface area contributed by atoms with Crippen molar-refractivity contribution in [3.8, 4) is 5.88 Å². The van der Waals surface area contributed by atoms with E-state index in [1.807, 2.05) is 6.92 Å². The third-order valence-corrected chi connectivity index (χ3v) is 2.82. The van der Waals surface area contributed by atoms with Crippen LogP contribution in [-0.2, 0) is 11.3 Å². The Hall–Kier alpha value is -1.13. The number of nitrogens with zero attached hydrogens (tertiary/aromatic N) is 1. The Kier molecular flexibility index (Phi) is 6.81. The van der Waals surface area contributed by atoms with Gasteiger partial charge in [-0.15, -0.1) is 0 Å². The Morgan fingerprint density at radius 3 is 2.63 bits per heavy atom. The summed E-state index contributed by atoms with van der Waals surface area (Å²) in [5.41, 5.74) is 3.34. The fourth-order valence-electron chi connectivity index (χ4n) is 1.87. The van der Waals surface area contributed by atoms with Crippen molar-refractivity contribution in [2.24, 2.45) is 5.92 Å². The van der Waals surface area contributed by atoms with Gasteiger partial charge in [0, 0.05) is 24.9 Å². The monoisotopic (exact) mass is 266 g/mol. The van der Waals surface area contributed by atoms with Crippen molar-refractivity contribution < 1.29 is 9.47 Å². The summed E-state index contributed by atoms with van der Waals surface area (Å²) in [6.07, 6.45) is 0. The van der Waals surface area contributed by atoms with Crippen molar-refractivity contribution in [3.05, 3.63) is 22.9 Å². The normalized spacial score (nSPS) is 11.1. The van der Waals surface area contributed by atoms with E-state index in [1.165, 1.54) is 5.56 Å². The van der Waals surface area contributed by atoms with Crippen molar-refractivity contribution in [1.29, 1.82) is 0 Å². The van der Waals surface area contributed by atoms with E-state index in [0.29, 0.717) is 19.1 Å². The molecule has 0 unspecified atom stereocenters. The number of ether oxygens (including phenoxy) is 2. The van der Waals surface area contributed by atoms with Crippen LogP contribution in [0.1, 0.15) is 30.7 Å². The lowest BCUT2D eigenvalue weighted by Gasteiger charge is -2.15. The smallest absolute Gasteiger partial charge is 0.218 e. The molecule has 0 aromatic carbocycles. The molecule has 0 amide bonds. The number of nitrogens with one attached hydrogen (secondary N) is 1. The summed E-state index contributed by atoms with van der Waals surface area (Å²) in [6, 6.07) is 2.09. The van der Waals surface area contributed by atoms with Crippen LogP contribution in [0.2, 0.25) is 0 Å². The fraction of sp³-hybridized carbons (Fsp3) is 0.667. The molecule has 0 fully saturated rings. The van der Waals surface area contributed by atoms with Crippen LogP contribution in [0.4, 0.5) is 0 Å². The topological polar surface area (TPSA) is 43.4 Å². The van der Waals surface area contributed by atoms with Crippen molar-refractivity contribution in [1.82, 2.24) is 10.3 Å². The molecule has 0 aliphatic heterocycles. The van der Waals surface area contributed by atoms with Gasteiger partial charge in [-0.3, -0.25) is 0 Å². The van der Waals surface area contributed by atoms with Crippen molar-refractivity contribution in [2.75, 3.05) is 26.9 Å². The van der Waals surface area contributed by atoms with Crippen LogP contribution in [0.25, 0.3) is 0 Å². The second kappa shape index (κ2) is 8.12. The molecule has 0 aliphatic rings. The maximum absolute atomic E-state index is 5.72. The first-order valence-corrected chi connectivity index (χ1v) is 6.84. The molecule has 1 aromatic heterocycles. The van der Waals surface area contributed by atoms with Crippen LogP contribution in [0.15, 0.2) is 6.07 Å². The van der Waals surface area contributed by atoms with Crippen molar-refractivity contribution >= 4 is 0 Å². The summed E-state index contributed by atoms with van der Waals surface area (Å²) >= 11 is 0.